The van der Waals surface area contributed by atoms with E-state index >= 15 is 0 Å². The predicted molar refractivity (Wildman–Crippen MR) is 149 cm³/mol. The second kappa shape index (κ2) is 13.0. The van der Waals surface area contributed by atoms with Gasteiger partial charge in [-0.25, -0.2) is 8.42 Å². The van der Waals surface area contributed by atoms with Gasteiger partial charge >= 0.3 is 0 Å². The van der Waals surface area contributed by atoms with Crippen LogP contribution in [0.3, 0.4) is 0 Å². The fraction of sp³-hybridized carbons (Fsp3) is 0.194. The van der Waals surface area contributed by atoms with Crippen LogP contribution in [0.2, 0.25) is 0 Å². The first-order valence-electron chi connectivity index (χ1n) is 12.6. The number of ether oxygens (including phenoxy) is 1. The summed E-state index contributed by atoms with van der Waals surface area (Å²) in [5.74, 6) is 0.288. The number of amides is 1. The molecular weight excluding hydrogens is 496 g/mol. The molecule has 0 radical (unpaired) electrons. The number of benzene rings is 4. The summed E-state index contributed by atoms with van der Waals surface area (Å²) in [6, 6.07) is 34.0. The van der Waals surface area contributed by atoms with Gasteiger partial charge in [0.25, 0.3) is 0 Å². The minimum absolute atomic E-state index is 0.0736. The number of hydrogen-bond acceptors (Lipinski definition) is 4. The molecule has 0 aliphatic carbocycles. The van der Waals surface area contributed by atoms with Crippen molar-refractivity contribution in [3.8, 4) is 5.75 Å². The minimum Gasteiger partial charge on any atom is -0.494 e. The van der Waals surface area contributed by atoms with Crippen molar-refractivity contribution in [2.45, 2.75) is 37.4 Å². The van der Waals surface area contributed by atoms with Gasteiger partial charge in [0, 0.05) is 13.1 Å². The summed E-state index contributed by atoms with van der Waals surface area (Å²) in [5.41, 5.74) is 2.79. The molecule has 0 saturated carbocycles. The lowest BCUT2D eigenvalue weighted by Crippen LogP contribution is -2.49. The summed E-state index contributed by atoms with van der Waals surface area (Å²) in [4.78, 5) is 15.9. The standard InChI is InChI=1S/C31H32N2O4S/c1-2-37-28-18-20-29(21-19-28)38(35,36)32-30(22-25-12-6-3-7-13-25)31(34)33(23-26-14-8-4-9-15-26)24-27-16-10-5-11-17-27/h3-21,30,32H,2,22-24H2,1H3/t30-/m0/s1. The maximum absolute atomic E-state index is 14.1. The fourth-order valence-corrected chi connectivity index (χ4v) is 5.40. The Bertz CT molecular complexity index is 1350. The Morgan fingerprint density at radius 2 is 1.21 bits per heavy atom. The molecule has 7 heteroatoms. The molecule has 6 nitrogen and oxygen atoms in total. The van der Waals surface area contributed by atoms with Gasteiger partial charge in [0.2, 0.25) is 15.9 Å². The van der Waals surface area contributed by atoms with Crippen LogP contribution >= 0.6 is 0 Å². The summed E-state index contributed by atoms with van der Waals surface area (Å²) < 4.78 is 35.0. The Balaban J connectivity index is 1.65. The lowest BCUT2D eigenvalue weighted by Gasteiger charge is -2.28. The highest BCUT2D eigenvalue weighted by Gasteiger charge is 2.30. The Hall–Kier alpha value is -3.94. The molecule has 0 saturated heterocycles. The smallest absolute Gasteiger partial charge is 0.241 e. The molecule has 1 N–H and O–H groups in total. The lowest BCUT2D eigenvalue weighted by atomic mass is 10.0. The van der Waals surface area contributed by atoms with Gasteiger partial charge in [-0.3, -0.25) is 4.79 Å². The van der Waals surface area contributed by atoms with Crippen LogP contribution in [0.4, 0.5) is 0 Å². The first kappa shape index (κ1) is 27.1. The van der Waals surface area contributed by atoms with E-state index in [-0.39, 0.29) is 17.2 Å². The van der Waals surface area contributed by atoms with E-state index in [2.05, 4.69) is 4.72 Å². The number of carbonyl (C=O) groups is 1. The van der Waals surface area contributed by atoms with Gasteiger partial charge in [0.05, 0.1) is 11.5 Å². The zero-order chi connectivity index (χ0) is 26.8. The third-order valence-corrected chi connectivity index (χ3v) is 7.55. The van der Waals surface area contributed by atoms with Gasteiger partial charge in [-0.1, -0.05) is 91.0 Å². The van der Waals surface area contributed by atoms with Crippen molar-refractivity contribution in [2.24, 2.45) is 0 Å². The van der Waals surface area contributed by atoms with Crippen molar-refractivity contribution in [2.75, 3.05) is 6.61 Å². The molecule has 0 fully saturated rings. The maximum Gasteiger partial charge on any atom is 0.241 e. The number of sulfonamides is 1. The topological polar surface area (TPSA) is 75.7 Å². The highest BCUT2D eigenvalue weighted by molar-refractivity contribution is 7.89. The maximum atomic E-state index is 14.1. The fourth-order valence-electron chi connectivity index (χ4n) is 4.21. The predicted octanol–water partition coefficient (Wildman–Crippen LogP) is 5.20. The minimum atomic E-state index is -3.99. The van der Waals surface area contributed by atoms with Gasteiger partial charge in [0.1, 0.15) is 11.8 Å². The van der Waals surface area contributed by atoms with Crippen LogP contribution in [0, 0.1) is 0 Å². The number of hydrogen-bond donors (Lipinski definition) is 1. The van der Waals surface area contributed by atoms with Crippen LogP contribution in [0.25, 0.3) is 0 Å². The molecule has 4 aromatic carbocycles. The van der Waals surface area contributed by atoms with Crippen LogP contribution in [-0.4, -0.2) is 31.9 Å². The van der Waals surface area contributed by atoms with E-state index < -0.39 is 16.1 Å². The van der Waals surface area contributed by atoms with E-state index in [4.69, 9.17) is 4.74 Å². The molecule has 4 aromatic rings. The molecule has 0 aromatic heterocycles. The van der Waals surface area contributed by atoms with Crippen LogP contribution in [0.1, 0.15) is 23.6 Å². The van der Waals surface area contributed by atoms with Gasteiger partial charge in [-0.15, -0.1) is 0 Å². The summed E-state index contributed by atoms with van der Waals surface area (Å²) in [6.07, 6.45) is 0.218. The quantitative estimate of drug-likeness (QED) is 0.274. The lowest BCUT2D eigenvalue weighted by molar-refractivity contribution is -0.134. The van der Waals surface area contributed by atoms with E-state index in [1.54, 1.807) is 17.0 Å². The average Bonchev–Trinajstić information content (AvgIpc) is 2.94. The molecule has 0 spiro atoms. The van der Waals surface area contributed by atoms with E-state index in [0.717, 1.165) is 16.7 Å². The highest BCUT2D eigenvalue weighted by atomic mass is 32.2. The number of rotatable bonds is 12. The van der Waals surface area contributed by atoms with Crippen molar-refractivity contribution < 1.29 is 17.9 Å². The first-order chi connectivity index (χ1) is 18.4. The Morgan fingerprint density at radius 3 is 1.68 bits per heavy atom. The van der Waals surface area contributed by atoms with E-state index in [0.29, 0.717) is 25.4 Å². The number of carbonyl (C=O) groups excluding carboxylic acids is 1. The monoisotopic (exact) mass is 528 g/mol. The van der Waals surface area contributed by atoms with Gasteiger partial charge < -0.3 is 9.64 Å². The molecule has 1 amide bonds. The molecule has 1 atom stereocenters. The first-order valence-corrected chi connectivity index (χ1v) is 14.1. The van der Waals surface area contributed by atoms with Crippen molar-refractivity contribution in [3.63, 3.8) is 0 Å². The molecule has 0 heterocycles. The van der Waals surface area contributed by atoms with Gasteiger partial charge in [-0.05, 0) is 54.3 Å². The number of nitrogens with zero attached hydrogens (tertiary/aromatic N) is 1. The zero-order valence-electron chi connectivity index (χ0n) is 21.4. The summed E-state index contributed by atoms with van der Waals surface area (Å²) in [6.45, 7) is 3.05. The molecule has 196 valence electrons. The van der Waals surface area contributed by atoms with Crippen molar-refractivity contribution >= 4 is 15.9 Å². The van der Waals surface area contributed by atoms with E-state index in [1.807, 2.05) is 97.9 Å². The Morgan fingerprint density at radius 1 is 0.737 bits per heavy atom. The largest absolute Gasteiger partial charge is 0.494 e. The zero-order valence-corrected chi connectivity index (χ0v) is 22.2. The molecular formula is C31H32N2O4S. The molecule has 4 rings (SSSR count). The van der Waals surface area contributed by atoms with E-state index in [9.17, 15) is 13.2 Å². The van der Waals surface area contributed by atoms with Crippen LogP contribution in [0.15, 0.2) is 120 Å². The van der Waals surface area contributed by atoms with Crippen molar-refractivity contribution in [1.29, 1.82) is 0 Å². The van der Waals surface area contributed by atoms with Crippen LogP contribution in [0.5, 0.6) is 5.75 Å². The van der Waals surface area contributed by atoms with Crippen LogP contribution in [-0.2, 0) is 34.3 Å². The highest BCUT2D eigenvalue weighted by Crippen LogP contribution is 2.19. The van der Waals surface area contributed by atoms with E-state index in [1.165, 1.54) is 12.1 Å². The second-order valence-corrected chi connectivity index (χ2v) is 10.6. The molecule has 0 unspecified atom stereocenters. The van der Waals surface area contributed by atoms with Crippen LogP contribution < -0.4 is 9.46 Å². The third-order valence-electron chi connectivity index (χ3n) is 6.07. The Labute approximate surface area is 225 Å². The molecule has 38 heavy (non-hydrogen) atoms. The van der Waals surface area contributed by atoms with Crippen molar-refractivity contribution in [1.82, 2.24) is 9.62 Å². The van der Waals surface area contributed by atoms with Gasteiger partial charge in [0.15, 0.2) is 0 Å². The summed E-state index contributed by atoms with van der Waals surface area (Å²) in [5, 5.41) is 0. The van der Waals surface area contributed by atoms with Gasteiger partial charge in [-0.2, -0.15) is 4.72 Å². The molecule has 0 bridgehead atoms. The average molecular weight is 529 g/mol. The Kier molecular flexibility index (Phi) is 9.30. The third kappa shape index (κ3) is 7.54. The second-order valence-electron chi connectivity index (χ2n) is 8.93. The molecule has 0 aliphatic heterocycles. The SMILES string of the molecule is CCOc1ccc(S(=O)(=O)N[C@@H](Cc2ccccc2)C(=O)N(Cc2ccccc2)Cc2ccccc2)cc1. The number of nitrogens with one attached hydrogen (secondary N) is 1. The van der Waals surface area contributed by atoms with Crippen molar-refractivity contribution in [3.05, 3.63) is 132 Å². The normalized spacial score (nSPS) is 12.0. The molecule has 0 aliphatic rings. The summed E-state index contributed by atoms with van der Waals surface area (Å²) in [7, 11) is -3.99. The summed E-state index contributed by atoms with van der Waals surface area (Å²) >= 11 is 0.